The first-order valence-corrected chi connectivity index (χ1v) is 7.79. The summed E-state index contributed by atoms with van der Waals surface area (Å²) in [5.41, 5.74) is -1.32. The van der Waals surface area contributed by atoms with Gasteiger partial charge in [0.25, 0.3) is 5.56 Å². The Morgan fingerprint density at radius 2 is 2.11 bits per heavy atom. The molecule has 152 valence electrons. The molecule has 0 spiro atoms. The zero-order chi connectivity index (χ0) is 20.4. The van der Waals surface area contributed by atoms with Gasteiger partial charge >= 0.3 is 17.8 Å². The molecule has 0 radical (unpaired) electrons. The standard InChI is InChI=1S/C14H18F3N3O7/c1-6-4-20(13(25)19-10(6)23)11-9(8(22)7(5-21)27-11)26-3-2-18-12(24)14(15,16)17/h4,7-9,11,21-22H,2-3,5H2,1H3,(H,18,24)(H,19,23,25)/t7-,8-,9-,11-/m1/s1. The Labute approximate surface area is 149 Å². The molecule has 0 saturated carbocycles. The third-order valence-corrected chi connectivity index (χ3v) is 3.87. The van der Waals surface area contributed by atoms with E-state index in [1.54, 1.807) is 5.32 Å². The van der Waals surface area contributed by atoms with E-state index in [0.717, 1.165) is 4.57 Å². The predicted molar refractivity (Wildman–Crippen MR) is 81.9 cm³/mol. The van der Waals surface area contributed by atoms with Gasteiger partial charge in [0, 0.05) is 18.3 Å². The van der Waals surface area contributed by atoms with Gasteiger partial charge in [-0.05, 0) is 6.92 Å². The summed E-state index contributed by atoms with van der Waals surface area (Å²) in [5, 5.41) is 21.0. The van der Waals surface area contributed by atoms with Gasteiger partial charge in [-0.2, -0.15) is 13.2 Å². The van der Waals surface area contributed by atoms with Crippen molar-refractivity contribution in [2.45, 2.75) is 37.6 Å². The minimum absolute atomic E-state index is 0.163. The molecule has 0 unspecified atom stereocenters. The van der Waals surface area contributed by atoms with Crippen LogP contribution in [0.5, 0.6) is 0 Å². The van der Waals surface area contributed by atoms with Crippen LogP contribution in [0.3, 0.4) is 0 Å². The lowest BCUT2D eigenvalue weighted by Gasteiger charge is -2.22. The smallest absolute Gasteiger partial charge is 0.394 e. The summed E-state index contributed by atoms with van der Waals surface area (Å²) < 4.78 is 48.0. The van der Waals surface area contributed by atoms with E-state index in [2.05, 4.69) is 0 Å². The maximum atomic E-state index is 12.1. The zero-order valence-electron chi connectivity index (χ0n) is 14.0. The second-order valence-corrected chi connectivity index (χ2v) is 5.81. The summed E-state index contributed by atoms with van der Waals surface area (Å²) >= 11 is 0. The maximum Gasteiger partial charge on any atom is 0.471 e. The number of amides is 1. The minimum Gasteiger partial charge on any atom is -0.394 e. The molecular formula is C14H18F3N3O7. The van der Waals surface area contributed by atoms with Crippen LogP contribution in [0.15, 0.2) is 15.8 Å². The van der Waals surface area contributed by atoms with Crippen molar-refractivity contribution in [3.05, 3.63) is 32.6 Å². The topological polar surface area (TPSA) is 143 Å². The monoisotopic (exact) mass is 397 g/mol. The highest BCUT2D eigenvalue weighted by Crippen LogP contribution is 2.30. The fraction of sp³-hybridized carbons (Fsp3) is 0.643. The molecule has 10 nitrogen and oxygen atoms in total. The van der Waals surface area contributed by atoms with Crippen LogP contribution >= 0.6 is 0 Å². The van der Waals surface area contributed by atoms with Crippen LogP contribution < -0.4 is 16.6 Å². The van der Waals surface area contributed by atoms with Crippen LogP contribution in [0.1, 0.15) is 11.8 Å². The van der Waals surface area contributed by atoms with E-state index in [1.165, 1.54) is 13.1 Å². The molecule has 2 heterocycles. The van der Waals surface area contributed by atoms with Gasteiger partial charge in [0.1, 0.15) is 18.3 Å². The molecule has 0 bridgehead atoms. The number of aromatic nitrogens is 2. The van der Waals surface area contributed by atoms with Crippen molar-refractivity contribution in [2.75, 3.05) is 19.8 Å². The van der Waals surface area contributed by atoms with Gasteiger partial charge in [0.05, 0.1) is 13.2 Å². The van der Waals surface area contributed by atoms with Gasteiger partial charge in [0.15, 0.2) is 6.23 Å². The SMILES string of the molecule is Cc1cn([C@@H]2O[C@H](CO)[C@@H](O)[C@H]2OCCNC(=O)C(F)(F)F)c(=O)[nH]c1=O. The molecule has 0 aromatic carbocycles. The molecule has 1 saturated heterocycles. The first-order chi connectivity index (χ1) is 12.6. The number of halogens is 3. The van der Waals surface area contributed by atoms with Crippen LogP contribution in [-0.2, 0) is 14.3 Å². The third-order valence-electron chi connectivity index (χ3n) is 3.87. The zero-order valence-corrected chi connectivity index (χ0v) is 14.0. The Morgan fingerprint density at radius 3 is 2.70 bits per heavy atom. The molecule has 4 atom stereocenters. The first kappa shape index (κ1) is 21.1. The van der Waals surface area contributed by atoms with E-state index < -0.39 is 67.6 Å². The number of alkyl halides is 3. The summed E-state index contributed by atoms with van der Waals surface area (Å²) in [5.74, 6) is -2.15. The Bertz CT molecular complexity index is 791. The van der Waals surface area contributed by atoms with Crippen molar-refractivity contribution in [1.82, 2.24) is 14.9 Å². The lowest BCUT2D eigenvalue weighted by molar-refractivity contribution is -0.174. The molecule has 1 amide bonds. The summed E-state index contributed by atoms with van der Waals surface area (Å²) in [4.78, 5) is 36.3. The van der Waals surface area contributed by atoms with Crippen molar-refractivity contribution in [3.63, 3.8) is 0 Å². The highest BCUT2D eigenvalue weighted by Gasteiger charge is 2.46. The lowest BCUT2D eigenvalue weighted by Crippen LogP contribution is -2.42. The van der Waals surface area contributed by atoms with Crippen molar-refractivity contribution < 1.29 is 37.7 Å². The van der Waals surface area contributed by atoms with E-state index in [-0.39, 0.29) is 5.56 Å². The Morgan fingerprint density at radius 1 is 1.44 bits per heavy atom. The molecule has 1 aliphatic rings. The first-order valence-electron chi connectivity index (χ1n) is 7.79. The van der Waals surface area contributed by atoms with E-state index in [0.29, 0.717) is 0 Å². The lowest BCUT2D eigenvalue weighted by atomic mass is 10.1. The summed E-state index contributed by atoms with van der Waals surface area (Å²) in [6, 6.07) is 0. The Hall–Kier alpha value is -2.22. The normalized spacial score (nSPS) is 25.6. The average Bonchev–Trinajstić information content (AvgIpc) is 2.89. The number of aliphatic hydroxyl groups is 2. The second kappa shape index (κ2) is 8.21. The quantitative estimate of drug-likeness (QED) is 0.413. The highest BCUT2D eigenvalue weighted by atomic mass is 19.4. The van der Waals surface area contributed by atoms with E-state index >= 15 is 0 Å². The van der Waals surface area contributed by atoms with E-state index in [1.807, 2.05) is 4.98 Å². The van der Waals surface area contributed by atoms with Crippen LogP contribution in [0.2, 0.25) is 0 Å². The Balaban J connectivity index is 2.12. The molecule has 4 N–H and O–H groups in total. The highest BCUT2D eigenvalue weighted by molar-refractivity contribution is 5.81. The second-order valence-electron chi connectivity index (χ2n) is 5.81. The summed E-state index contributed by atoms with van der Waals surface area (Å²) in [6.45, 7) is -0.137. The van der Waals surface area contributed by atoms with Crippen LogP contribution in [0, 0.1) is 6.92 Å². The molecular weight excluding hydrogens is 379 g/mol. The third kappa shape index (κ3) is 4.74. The number of aliphatic hydroxyl groups excluding tert-OH is 2. The molecule has 0 aliphatic carbocycles. The number of hydrogen-bond donors (Lipinski definition) is 4. The number of nitrogens with zero attached hydrogens (tertiary/aromatic N) is 1. The van der Waals surface area contributed by atoms with E-state index in [9.17, 15) is 37.8 Å². The van der Waals surface area contributed by atoms with Gasteiger partial charge in [-0.25, -0.2) is 4.79 Å². The largest absolute Gasteiger partial charge is 0.471 e. The number of ether oxygens (including phenoxy) is 2. The van der Waals surface area contributed by atoms with Gasteiger partial charge in [-0.15, -0.1) is 0 Å². The summed E-state index contributed by atoms with van der Waals surface area (Å²) in [6.07, 6.45) is -8.89. The van der Waals surface area contributed by atoms with Crippen LogP contribution in [0.25, 0.3) is 0 Å². The van der Waals surface area contributed by atoms with Crippen LogP contribution in [-0.4, -0.2) is 69.9 Å². The van der Waals surface area contributed by atoms with Crippen LogP contribution in [0.4, 0.5) is 13.2 Å². The van der Waals surface area contributed by atoms with Crippen molar-refractivity contribution in [3.8, 4) is 0 Å². The number of rotatable bonds is 6. The fourth-order valence-electron chi connectivity index (χ4n) is 2.51. The fourth-order valence-corrected chi connectivity index (χ4v) is 2.51. The molecule has 27 heavy (non-hydrogen) atoms. The van der Waals surface area contributed by atoms with Crippen molar-refractivity contribution in [2.24, 2.45) is 0 Å². The predicted octanol–water partition coefficient (Wildman–Crippen LogP) is -1.84. The number of aryl methyl sites for hydroxylation is 1. The molecule has 2 rings (SSSR count). The number of H-pyrrole nitrogens is 1. The molecule has 1 fully saturated rings. The molecule has 13 heteroatoms. The van der Waals surface area contributed by atoms with E-state index in [4.69, 9.17) is 9.47 Å². The van der Waals surface area contributed by atoms with Crippen molar-refractivity contribution in [1.29, 1.82) is 0 Å². The number of hydrogen-bond acceptors (Lipinski definition) is 7. The maximum absolute atomic E-state index is 12.1. The number of carbonyl (C=O) groups is 1. The number of nitrogens with one attached hydrogen (secondary N) is 2. The molecule has 1 aromatic rings. The number of carbonyl (C=O) groups excluding carboxylic acids is 1. The summed E-state index contributed by atoms with van der Waals surface area (Å²) in [7, 11) is 0. The Kier molecular flexibility index (Phi) is 6.41. The number of aromatic amines is 1. The minimum atomic E-state index is -5.04. The van der Waals surface area contributed by atoms with Crippen molar-refractivity contribution >= 4 is 5.91 Å². The van der Waals surface area contributed by atoms with Gasteiger partial charge < -0.3 is 25.0 Å². The molecule has 1 aliphatic heterocycles. The molecule has 1 aromatic heterocycles. The van der Waals surface area contributed by atoms with Gasteiger partial charge in [0.2, 0.25) is 0 Å². The van der Waals surface area contributed by atoms with Gasteiger partial charge in [-0.3, -0.25) is 19.1 Å². The van der Waals surface area contributed by atoms with Gasteiger partial charge in [-0.1, -0.05) is 0 Å². The average molecular weight is 397 g/mol.